The molecule has 3 heteroatoms. The van der Waals surface area contributed by atoms with Gasteiger partial charge in [0, 0.05) is 10.9 Å². The van der Waals surface area contributed by atoms with E-state index in [9.17, 15) is 0 Å². The monoisotopic (exact) mass is 281 g/mol. The van der Waals surface area contributed by atoms with E-state index in [2.05, 4.69) is 30.5 Å². The summed E-state index contributed by atoms with van der Waals surface area (Å²) in [5.41, 5.74) is 4.41. The topological polar surface area (TPSA) is 22.1 Å². The van der Waals surface area contributed by atoms with Crippen LogP contribution in [0.25, 0.3) is 21.8 Å². The predicted octanol–water partition coefficient (Wildman–Crippen LogP) is 4.79. The SMILES string of the molecule is COc1ccc(C)cc1-c1nc(-c2ccccc2)cs1. The van der Waals surface area contributed by atoms with E-state index in [0.717, 1.165) is 27.6 Å². The summed E-state index contributed by atoms with van der Waals surface area (Å²) in [6.45, 7) is 2.08. The Kier molecular flexibility index (Phi) is 3.52. The summed E-state index contributed by atoms with van der Waals surface area (Å²) < 4.78 is 5.44. The van der Waals surface area contributed by atoms with Gasteiger partial charge < -0.3 is 4.74 Å². The van der Waals surface area contributed by atoms with Crippen molar-refractivity contribution in [2.24, 2.45) is 0 Å². The van der Waals surface area contributed by atoms with Crippen LogP contribution < -0.4 is 4.74 Å². The van der Waals surface area contributed by atoms with Gasteiger partial charge in [-0.15, -0.1) is 11.3 Å². The van der Waals surface area contributed by atoms with E-state index in [4.69, 9.17) is 9.72 Å². The Balaban J connectivity index is 2.04. The van der Waals surface area contributed by atoms with Gasteiger partial charge in [-0.3, -0.25) is 0 Å². The molecular weight excluding hydrogens is 266 g/mol. The van der Waals surface area contributed by atoms with Crippen molar-refractivity contribution in [3.63, 3.8) is 0 Å². The molecule has 0 aliphatic rings. The summed E-state index contributed by atoms with van der Waals surface area (Å²) in [7, 11) is 1.69. The second kappa shape index (κ2) is 5.47. The van der Waals surface area contributed by atoms with E-state index in [1.54, 1.807) is 18.4 Å². The van der Waals surface area contributed by atoms with Gasteiger partial charge in [0.25, 0.3) is 0 Å². The molecule has 1 heterocycles. The van der Waals surface area contributed by atoms with Crippen LogP contribution in [-0.2, 0) is 0 Å². The third-order valence-corrected chi connectivity index (χ3v) is 4.03. The molecule has 0 aliphatic heterocycles. The first kappa shape index (κ1) is 12.9. The van der Waals surface area contributed by atoms with Crippen molar-refractivity contribution in [2.45, 2.75) is 6.92 Å². The van der Waals surface area contributed by atoms with Crippen LogP contribution in [-0.4, -0.2) is 12.1 Å². The lowest BCUT2D eigenvalue weighted by molar-refractivity contribution is 0.416. The molecule has 1 aromatic heterocycles. The van der Waals surface area contributed by atoms with Crippen LogP contribution in [0, 0.1) is 6.92 Å². The number of aryl methyl sites for hydroxylation is 1. The molecule has 0 aliphatic carbocycles. The third-order valence-electron chi connectivity index (χ3n) is 3.16. The molecule has 2 nitrogen and oxygen atoms in total. The van der Waals surface area contributed by atoms with E-state index in [1.807, 2.05) is 30.3 Å². The minimum Gasteiger partial charge on any atom is -0.496 e. The van der Waals surface area contributed by atoms with Gasteiger partial charge in [-0.25, -0.2) is 4.98 Å². The minimum absolute atomic E-state index is 0.865. The summed E-state index contributed by atoms with van der Waals surface area (Å²) >= 11 is 1.64. The lowest BCUT2D eigenvalue weighted by Gasteiger charge is -2.06. The summed E-state index contributed by atoms with van der Waals surface area (Å²) in [6.07, 6.45) is 0. The third kappa shape index (κ3) is 2.45. The number of ether oxygens (including phenoxy) is 1. The predicted molar refractivity (Wildman–Crippen MR) is 84.3 cm³/mol. The lowest BCUT2D eigenvalue weighted by Crippen LogP contribution is -1.88. The minimum atomic E-state index is 0.865. The number of benzene rings is 2. The Morgan fingerprint density at radius 2 is 1.85 bits per heavy atom. The van der Waals surface area contributed by atoms with Crippen molar-refractivity contribution in [3.8, 4) is 27.6 Å². The first-order chi connectivity index (χ1) is 9.78. The van der Waals surface area contributed by atoms with Crippen LogP contribution in [0.15, 0.2) is 53.9 Å². The zero-order valence-electron chi connectivity index (χ0n) is 11.5. The zero-order valence-corrected chi connectivity index (χ0v) is 12.3. The summed E-state index contributed by atoms with van der Waals surface area (Å²) in [4.78, 5) is 4.74. The Hall–Kier alpha value is -2.13. The van der Waals surface area contributed by atoms with Gasteiger partial charge in [0.15, 0.2) is 0 Å². The Bertz CT molecular complexity index is 719. The van der Waals surface area contributed by atoms with Crippen LogP contribution in [0.4, 0.5) is 0 Å². The molecular formula is C17H15NOS. The molecule has 20 heavy (non-hydrogen) atoms. The standard InChI is InChI=1S/C17H15NOS/c1-12-8-9-16(19-2)14(10-12)17-18-15(11-20-17)13-6-4-3-5-7-13/h3-11H,1-2H3. The zero-order chi connectivity index (χ0) is 13.9. The number of aromatic nitrogens is 1. The number of hydrogen-bond donors (Lipinski definition) is 0. The first-order valence-corrected chi connectivity index (χ1v) is 7.32. The van der Waals surface area contributed by atoms with Gasteiger partial charge in [0.1, 0.15) is 10.8 Å². The molecule has 0 atom stereocenters. The summed E-state index contributed by atoms with van der Waals surface area (Å²) in [5, 5.41) is 3.08. The maximum Gasteiger partial charge on any atom is 0.129 e. The Morgan fingerprint density at radius 1 is 1.05 bits per heavy atom. The van der Waals surface area contributed by atoms with Crippen molar-refractivity contribution < 1.29 is 4.74 Å². The van der Waals surface area contributed by atoms with Crippen molar-refractivity contribution in [1.82, 2.24) is 4.98 Å². The lowest BCUT2D eigenvalue weighted by atomic mass is 10.1. The van der Waals surface area contributed by atoms with Crippen LogP contribution in [0.2, 0.25) is 0 Å². The van der Waals surface area contributed by atoms with E-state index in [1.165, 1.54) is 5.56 Å². The Labute approximate surface area is 122 Å². The molecule has 0 amide bonds. The number of nitrogens with zero attached hydrogens (tertiary/aromatic N) is 1. The van der Waals surface area contributed by atoms with Crippen molar-refractivity contribution in [3.05, 3.63) is 59.5 Å². The molecule has 3 aromatic rings. The molecule has 3 rings (SSSR count). The molecule has 2 aromatic carbocycles. The fraction of sp³-hybridized carbons (Fsp3) is 0.118. The van der Waals surface area contributed by atoms with Crippen LogP contribution in [0.3, 0.4) is 0 Å². The van der Waals surface area contributed by atoms with Crippen molar-refractivity contribution in [2.75, 3.05) is 7.11 Å². The van der Waals surface area contributed by atoms with E-state index in [-0.39, 0.29) is 0 Å². The number of methoxy groups -OCH3 is 1. The highest BCUT2D eigenvalue weighted by Crippen LogP contribution is 2.35. The summed E-state index contributed by atoms with van der Waals surface area (Å²) in [6, 6.07) is 16.4. The maximum atomic E-state index is 5.44. The largest absolute Gasteiger partial charge is 0.496 e. The van der Waals surface area contributed by atoms with E-state index in [0.29, 0.717) is 0 Å². The molecule has 100 valence electrons. The van der Waals surface area contributed by atoms with Crippen molar-refractivity contribution >= 4 is 11.3 Å². The highest BCUT2D eigenvalue weighted by Gasteiger charge is 2.11. The highest BCUT2D eigenvalue weighted by molar-refractivity contribution is 7.13. The second-order valence-electron chi connectivity index (χ2n) is 4.61. The van der Waals surface area contributed by atoms with Gasteiger partial charge in [0.2, 0.25) is 0 Å². The molecule has 0 radical (unpaired) electrons. The average molecular weight is 281 g/mol. The van der Waals surface area contributed by atoms with Gasteiger partial charge >= 0.3 is 0 Å². The first-order valence-electron chi connectivity index (χ1n) is 6.44. The molecule has 0 fully saturated rings. The fourth-order valence-electron chi connectivity index (χ4n) is 2.13. The normalized spacial score (nSPS) is 10.5. The number of thiazole rings is 1. The van der Waals surface area contributed by atoms with Gasteiger partial charge in [-0.2, -0.15) is 0 Å². The van der Waals surface area contributed by atoms with Crippen LogP contribution in [0.1, 0.15) is 5.56 Å². The van der Waals surface area contributed by atoms with Gasteiger partial charge in [0.05, 0.1) is 18.4 Å². The molecule has 0 saturated carbocycles. The molecule has 0 spiro atoms. The highest BCUT2D eigenvalue weighted by atomic mass is 32.1. The molecule has 0 unspecified atom stereocenters. The number of rotatable bonds is 3. The van der Waals surface area contributed by atoms with Crippen LogP contribution >= 0.6 is 11.3 Å². The van der Waals surface area contributed by atoms with Crippen molar-refractivity contribution in [1.29, 1.82) is 0 Å². The van der Waals surface area contributed by atoms with Gasteiger partial charge in [-0.05, 0) is 19.1 Å². The smallest absolute Gasteiger partial charge is 0.129 e. The number of hydrogen-bond acceptors (Lipinski definition) is 3. The maximum absolute atomic E-state index is 5.44. The van der Waals surface area contributed by atoms with E-state index >= 15 is 0 Å². The van der Waals surface area contributed by atoms with Crippen LogP contribution in [0.5, 0.6) is 5.75 Å². The average Bonchev–Trinajstić information content (AvgIpc) is 2.98. The Morgan fingerprint density at radius 3 is 2.60 bits per heavy atom. The van der Waals surface area contributed by atoms with E-state index < -0.39 is 0 Å². The molecule has 0 bridgehead atoms. The summed E-state index contributed by atoms with van der Waals surface area (Å²) in [5.74, 6) is 0.865. The fourth-order valence-corrected chi connectivity index (χ4v) is 2.98. The quantitative estimate of drug-likeness (QED) is 0.688. The van der Waals surface area contributed by atoms with Gasteiger partial charge in [-0.1, -0.05) is 42.0 Å². The second-order valence-corrected chi connectivity index (χ2v) is 5.47. The molecule has 0 saturated heterocycles. The molecule has 0 N–H and O–H groups in total.